The van der Waals surface area contributed by atoms with Crippen molar-refractivity contribution in [2.24, 2.45) is 4.36 Å². The van der Waals surface area contributed by atoms with Crippen LogP contribution in [-0.4, -0.2) is 28.3 Å². The number of fused-ring (bicyclic) bond motifs is 1. The molecule has 3 rings (SSSR count). The molecule has 0 spiro atoms. The van der Waals surface area contributed by atoms with Gasteiger partial charge in [0.2, 0.25) is 0 Å². The molecule has 0 aliphatic carbocycles. The van der Waals surface area contributed by atoms with Crippen LogP contribution < -0.4 is 4.90 Å². The number of benzene rings is 1. The Labute approximate surface area is 120 Å². The van der Waals surface area contributed by atoms with Crippen LogP contribution in [0.5, 0.6) is 0 Å². The van der Waals surface area contributed by atoms with Gasteiger partial charge in [0, 0.05) is 23.7 Å². The number of hydrogen-bond acceptors (Lipinski definition) is 2. The van der Waals surface area contributed by atoms with Gasteiger partial charge in [-0.1, -0.05) is 17.7 Å². The maximum Gasteiger partial charge on any atom is 0.356 e. The van der Waals surface area contributed by atoms with Crippen molar-refractivity contribution >= 4 is 21.4 Å². The van der Waals surface area contributed by atoms with Gasteiger partial charge in [-0.3, -0.25) is 4.90 Å². The van der Waals surface area contributed by atoms with Crippen molar-refractivity contribution in [2.75, 3.05) is 23.0 Å². The molecule has 0 atom stereocenters. The van der Waals surface area contributed by atoms with Gasteiger partial charge < -0.3 is 0 Å². The van der Waals surface area contributed by atoms with E-state index in [4.69, 9.17) is 0 Å². The highest BCUT2D eigenvalue weighted by Gasteiger charge is 2.25. The van der Waals surface area contributed by atoms with Gasteiger partial charge in [-0.15, -0.1) is 4.36 Å². The fraction of sp³-hybridized carbons (Fsp3) is 0.533. The van der Waals surface area contributed by atoms with Gasteiger partial charge in [-0.05, 0) is 44.2 Å². The molecule has 108 valence electrons. The molecular formula is C15H20N2O2S. The highest BCUT2D eigenvalue weighted by molar-refractivity contribution is 7.94. The van der Waals surface area contributed by atoms with Gasteiger partial charge >= 0.3 is 6.03 Å². The summed E-state index contributed by atoms with van der Waals surface area (Å²) in [5, 5.41) is 0. The van der Waals surface area contributed by atoms with Crippen LogP contribution in [0, 0.1) is 6.92 Å². The molecule has 2 amide bonds. The van der Waals surface area contributed by atoms with E-state index in [2.05, 4.69) is 17.4 Å². The van der Waals surface area contributed by atoms with Crippen LogP contribution in [0.2, 0.25) is 0 Å². The lowest BCUT2D eigenvalue weighted by Gasteiger charge is -2.28. The third-order valence-electron chi connectivity index (χ3n) is 4.01. The zero-order valence-corrected chi connectivity index (χ0v) is 12.6. The van der Waals surface area contributed by atoms with Gasteiger partial charge in [0.1, 0.15) is 0 Å². The third kappa shape index (κ3) is 2.59. The van der Waals surface area contributed by atoms with E-state index in [1.54, 1.807) is 4.90 Å². The van der Waals surface area contributed by atoms with E-state index in [9.17, 15) is 9.00 Å². The summed E-state index contributed by atoms with van der Waals surface area (Å²) in [4.78, 5) is 14.1. The van der Waals surface area contributed by atoms with Crippen molar-refractivity contribution in [3.05, 3.63) is 29.3 Å². The number of carbonyl (C=O) groups excluding carboxylic acids is 1. The molecule has 0 aromatic heterocycles. The number of anilines is 1. The highest BCUT2D eigenvalue weighted by atomic mass is 32.2. The molecule has 4 nitrogen and oxygen atoms in total. The molecule has 0 unspecified atom stereocenters. The fourth-order valence-corrected chi connectivity index (χ4v) is 5.05. The van der Waals surface area contributed by atoms with E-state index in [-0.39, 0.29) is 6.03 Å². The Bertz CT molecular complexity index is 648. The van der Waals surface area contributed by atoms with Gasteiger partial charge in [-0.25, -0.2) is 9.00 Å². The van der Waals surface area contributed by atoms with Crippen molar-refractivity contribution in [2.45, 2.75) is 32.6 Å². The fourth-order valence-electron chi connectivity index (χ4n) is 2.96. The first kappa shape index (κ1) is 13.6. The molecule has 2 aliphatic heterocycles. The third-order valence-corrected chi connectivity index (χ3v) is 6.35. The molecular weight excluding hydrogens is 272 g/mol. The van der Waals surface area contributed by atoms with Crippen LogP contribution in [-0.2, 0) is 16.1 Å². The molecule has 2 heterocycles. The summed E-state index contributed by atoms with van der Waals surface area (Å²) in [6, 6.07) is 5.81. The first-order chi connectivity index (χ1) is 9.57. The average Bonchev–Trinajstić information content (AvgIpc) is 2.84. The summed E-state index contributed by atoms with van der Waals surface area (Å²) in [5.41, 5.74) is 3.34. The minimum Gasteiger partial charge on any atom is -0.292 e. The lowest BCUT2D eigenvalue weighted by molar-refractivity contribution is 0.254. The molecule has 0 bridgehead atoms. The number of aryl methyl sites for hydroxylation is 2. The molecule has 0 saturated carbocycles. The number of urea groups is 1. The van der Waals surface area contributed by atoms with Crippen LogP contribution in [0.4, 0.5) is 10.5 Å². The molecule has 20 heavy (non-hydrogen) atoms. The van der Waals surface area contributed by atoms with E-state index in [1.165, 1.54) is 11.1 Å². The predicted molar refractivity (Wildman–Crippen MR) is 81.8 cm³/mol. The highest BCUT2D eigenvalue weighted by Crippen LogP contribution is 2.29. The van der Waals surface area contributed by atoms with Crippen molar-refractivity contribution < 1.29 is 9.00 Å². The van der Waals surface area contributed by atoms with Gasteiger partial charge in [-0.2, -0.15) is 0 Å². The maximum absolute atomic E-state index is 12.4. The Kier molecular flexibility index (Phi) is 3.54. The zero-order chi connectivity index (χ0) is 14.2. The molecule has 1 saturated heterocycles. The van der Waals surface area contributed by atoms with Crippen LogP contribution in [0.25, 0.3) is 0 Å². The number of amides is 2. The van der Waals surface area contributed by atoms with Gasteiger partial charge in [0.15, 0.2) is 0 Å². The second-order valence-electron chi connectivity index (χ2n) is 5.65. The topological polar surface area (TPSA) is 49.7 Å². The summed E-state index contributed by atoms with van der Waals surface area (Å²) in [7, 11) is -2.28. The molecule has 0 N–H and O–H groups in total. The molecule has 1 fully saturated rings. The monoisotopic (exact) mass is 292 g/mol. The second-order valence-corrected chi connectivity index (χ2v) is 8.19. The Morgan fingerprint density at radius 1 is 1.25 bits per heavy atom. The largest absolute Gasteiger partial charge is 0.356 e. The smallest absolute Gasteiger partial charge is 0.292 e. The number of hydrogen-bond donors (Lipinski definition) is 0. The minimum absolute atomic E-state index is 0.318. The summed E-state index contributed by atoms with van der Waals surface area (Å²) in [5.74, 6) is 1.15. The number of carbonyl (C=O) groups is 1. The van der Waals surface area contributed by atoms with E-state index < -0.39 is 9.73 Å². The van der Waals surface area contributed by atoms with Crippen molar-refractivity contribution in [1.82, 2.24) is 0 Å². The van der Waals surface area contributed by atoms with E-state index in [0.717, 1.165) is 31.4 Å². The zero-order valence-electron chi connectivity index (χ0n) is 11.8. The lowest BCUT2D eigenvalue weighted by Crippen LogP contribution is -2.34. The summed E-state index contributed by atoms with van der Waals surface area (Å²) >= 11 is 0. The SMILES string of the molecule is Cc1ccc2c(c1)CCCN2C(=O)N=S1(=O)CCCC1. The molecule has 2 aliphatic rings. The van der Waals surface area contributed by atoms with Crippen LogP contribution in [0.15, 0.2) is 22.6 Å². The number of nitrogens with zero attached hydrogens (tertiary/aromatic N) is 2. The normalized spacial score (nSPS) is 20.6. The first-order valence-corrected chi connectivity index (χ1v) is 9.06. The van der Waals surface area contributed by atoms with Crippen LogP contribution >= 0.6 is 0 Å². The van der Waals surface area contributed by atoms with Crippen molar-refractivity contribution in [3.63, 3.8) is 0 Å². The Morgan fingerprint density at radius 2 is 2.00 bits per heavy atom. The van der Waals surface area contributed by atoms with Crippen LogP contribution in [0.3, 0.4) is 0 Å². The molecule has 1 aromatic rings. The van der Waals surface area contributed by atoms with Crippen molar-refractivity contribution in [1.29, 1.82) is 0 Å². The van der Waals surface area contributed by atoms with Crippen molar-refractivity contribution in [3.8, 4) is 0 Å². The Hall–Kier alpha value is -1.36. The van der Waals surface area contributed by atoms with Gasteiger partial charge in [0.05, 0.1) is 9.73 Å². The summed E-state index contributed by atoms with van der Waals surface area (Å²) in [6.45, 7) is 2.73. The summed E-state index contributed by atoms with van der Waals surface area (Å²) < 4.78 is 16.5. The maximum atomic E-state index is 12.4. The Balaban J connectivity index is 1.93. The molecule has 5 heteroatoms. The molecule has 0 radical (unpaired) electrons. The molecule has 1 aromatic carbocycles. The predicted octanol–water partition coefficient (Wildman–Crippen LogP) is 3.13. The van der Waals surface area contributed by atoms with E-state index in [1.807, 2.05) is 12.1 Å². The lowest BCUT2D eigenvalue weighted by atomic mass is 10.00. The Morgan fingerprint density at radius 3 is 2.75 bits per heavy atom. The van der Waals surface area contributed by atoms with Gasteiger partial charge in [0.25, 0.3) is 0 Å². The second kappa shape index (κ2) is 5.20. The van der Waals surface area contributed by atoms with Crippen LogP contribution in [0.1, 0.15) is 30.4 Å². The van der Waals surface area contributed by atoms with E-state index >= 15 is 0 Å². The summed E-state index contributed by atoms with van der Waals surface area (Å²) in [6.07, 6.45) is 3.78. The number of rotatable bonds is 0. The average molecular weight is 292 g/mol. The standard InChI is InChI=1S/C15H20N2O2S/c1-12-6-7-14-13(11-12)5-4-8-17(14)15(18)16-20(19)9-2-3-10-20/h6-7,11H,2-5,8-10H2,1H3. The first-order valence-electron chi connectivity index (χ1n) is 7.21. The van der Waals surface area contributed by atoms with E-state index in [0.29, 0.717) is 18.1 Å². The minimum atomic E-state index is -2.28. The quantitative estimate of drug-likeness (QED) is 0.737.